The Morgan fingerprint density at radius 1 is 1.29 bits per heavy atom. The molecule has 0 radical (unpaired) electrons. The van der Waals surface area contributed by atoms with Crippen molar-refractivity contribution in [2.75, 3.05) is 4.72 Å². The van der Waals surface area contributed by atoms with Gasteiger partial charge in [-0.25, -0.2) is 0 Å². The van der Waals surface area contributed by atoms with E-state index in [1.807, 2.05) is 22.6 Å². The lowest BCUT2D eigenvalue weighted by atomic mass is 9.97. The van der Waals surface area contributed by atoms with E-state index >= 15 is 0 Å². The van der Waals surface area contributed by atoms with Gasteiger partial charge in [-0.3, -0.25) is 9.52 Å². The fourth-order valence-corrected chi connectivity index (χ4v) is 6.80. The number of carboxylic acid groups (broad SMARTS) is 1. The quantitative estimate of drug-likeness (QED) is 0.431. The number of hydrogen-bond acceptors (Lipinski definition) is 3. The smallest absolute Gasteiger partial charge is 0.481 e. The van der Waals surface area contributed by atoms with Crippen molar-refractivity contribution in [2.24, 2.45) is 5.92 Å². The minimum atomic E-state index is -5.55. The van der Waals surface area contributed by atoms with Gasteiger partial charge in [0.15, 0.2) is 0 Å². The molecular weight excluding hydrogens is 692 g/mol. The number of benzene rings is 1. The number of carbonyl (C=O) groups is 1. The molecular formula is C12H11F3I3NO4S. The Labute approximate surface area is 177 Å². The molecule has 1 unspecified atom stereocenters. The highest BCUT2D eigenvalue weighted by molar-refractivity contribution is 14.1. The van der Waals surface area contributed by atoms with E-state index in [0.29, 0.717) is 19.1 Å². The average molecular weight is 703 g/mol. The summed E-state index contributed by atoms with van der Waals surface area (Å²) in [6.07, 6.45) is 0.442. The molecule has 1 aromatic carbocycles. The zero-order chi connectivity index (χ0) is 18.9. The van der Waals surface area contributed by atoms with E-state index in [1.54, 1.807) is 56.8 Å². The van der Waals surface area contributed by atoms with Crippen LogP contribution in [0.3, 0.4) is 0 Å². The molecule has 136 valence electrons. The Balaban J connectivity index is 3.40. The Hall–Kier alpha value is 0.420. The number of anilines is 1. The minimum Gasteiger partial charge on any atom is -0.481 e. The Morgan fingerprint density at radius 3 is 2.25 bits per heavy atom. The Morgan fingerprint density at radius 2 is 1.83 bits per heavy atom. The van der Waals surface area contributed by atoms with Gasteiger partial charge in [0.05, 0.1) is 11.6 Å². The van der Waals surface area contributed by atoms with Gasteiger partial charge in [0.2, 0.25) is 0 Å². The van der Waals surface area contributed by atoms with Crippen LogP contribution in [-0.4, -0.2) is 25.0 Å². The van der Waals surface area contributed by atoms with Crippen molar-refractivity contribution in [1.29, 1.82) is 0 Å². The second kappa shape index (κ2) is 8.41. The van der Waals surface area contributed by atoms with Crippen LogP contribution < -0.4 is 4.72 Å². The molecule has 0 saturated carbocycles. The third kappa shape index (κ3) is 5.21. The summed E-state index contributed by atoms with van der Waals surface area (Å²) in [6, 6.07) is 1.52. The molecule has 2 N–H and O–H groups in total. The molecule has 0 aliphatic heterocycles. The summed E-state index contributed by atoms with van der Waals surface area (Å²) in [6.45, 7) is 1.69. The molecule has 0 heterocycles. The highest BCUT2D eigenvalue weighted by Gasteiger charge is 2.46. The van der Waals surface area contributed by atoms with Gasteiger partial charge in [-0.05, 0) is 92.2 Å². The highest BCUT2D eigenvalue weighted by atomic mass is 127. The molecule has 0 aromatic heterocycles. The fourth-order valence-electron chi connectivity index (χ4n) is 1.76. The number of carboxylic acids is 1. The van der Waals surface area contributed by atoms with E-state index in [2.05, 4.69) is 0 Å². The van der Waals surface area contributed by atoms with Crippen LogP contribution in [0, 0.1) is 16.6 Å². The Kier molecular flexibility index (Phi) is 7.87. The topological polar surface area (TPSA) is 83.5 Å². The van der Waals surface area contributed by atoms with Gasteiger partial charge in [0, 0.05) is 10.7 Å². The van der Waals surface area contributed by atoms with Crippen LogP contribution in [0.1, 0.15) is 18.9 Å². The minimum absolute atomic E-state index is 0.0973. The van der Waals surface area contributed by atoms with Crippen LogP contribution in [-0.2, 0) is 21.2 Å². The zero-order valence-electron chi connectivity index (χ0n) is 11.9. The SMILES string of the molecule is CCC(Cc1c(I)cc(I)c(NS(=O)(=O)C(F)(F)F)c1I)C(=O)O. The first-order chi connectivity index (χ1) is 10.8. The number of rotatable bonds is 6. The first-order valence-corrected chi connectivity index (χ1v) is 11.0. The van der Waals surface area contributed by atoms with Crippen molar-refractivity contribution in [1.82, 2.24) is 0 Å². The molecule has 0 spiro atoms. The summed E-state index contributed by atoms with van der Waals surface area (Å²) < 4.78 is 63.3. The molecule has 0 amide bonds. The lowest BCUT2D eigenvalue weighted by Crippen LogP contribution is -2.31. The van der Waals surface area contributed by atoms with Gasteiger partial charge >= 0.3 is 21.5 Å². The molecule has 1 rings (SSSR count). The maximum absolute atomic E-state index is 12.6. The molecule has 24 heavy (non-hydrogen) atoms. The first kappa shape index (κ1) is 22.5. The average Bonchev–Trinajstić information content (AvgIpc) is 2.41. The molecule has 0 fully saturated rings. The summed E-state index contributed by atoms with van der Waals surface area (Å²) in [4.78, 5) is 11.2. The third-order valence-electron chi connectivity index (χ3n) is 3.10. The van der Waals surface area contributed by atoms with Gasteiger partial charge < -0.3 is 5.11 Å². The van der Waals surface area contributed by atoms with E-state index in [-0.39, 0.29) is 15.7 Å². The maximum atomic E-state index is 12.6. The van der Waals surface area contributed by atoms with Gasteiger partial charge in [-0.1, -0.05) is 6.92 Å². The molecule has 0 saturated heterocycles. The van der Waals surface area contributed by atoms with E-state index < -0.39 is 27.4 Å². The van der Waals surface area contributed by atoms with Crippen LogP contribution in [0.25, 0.3) is 0 Å². The van der Waals surface area contributed by atoms with Gasteiger partial charge in [-0.2, -0.15) is 21.6 Å². The summed E-state index contributed by atoms with van der Waals surface area (Å²) in [7, 11) is -5.55. The van der Waals surface area contributed by atoms with Crippen molar-refractivity contribution in [2.45, 2.75) is 25.3 Å². The fraction of sp³-hybridized carbons (Fsp3) is 0.417. The van der Waals surface area contributed by atoms with Gasteiger partial charge in [0.1, 0.15) is 0 Å². The predicted octanol–water partition coefficient (Wildman–Crippen LogP) is 4.42. The molecule has 0 aliphatic rings. The van der Waals surface area contributed by atoms with Gasteiger partial charge in [-0.15, -0.1) is 0 Å². The maximum Gasteiger partial charge on any atom is 0.516 e. The van der Waals surface area contributed by atoms with Crippen LogP contribution in [0.4, 0.5) is 18.9 Å². The van der Waals surface area contributed by atoms with Crippen molar-refractivity contribution in [3.8, 4) is 0 Å². The van der Waals surface area contributed by atoms with E-state index in [4.69, 9.17) is 5.11 Å². The molecule has 1 aromatic rings. The van der Waals surface area contributed by atoms with E-state index in [9.17, 15) is 26.4 Å². The van der Waals surface area contributed by atoms with Gasteiger partial charge in [0.25, 0.3) is 0 Å². The summed E-state index contributed by atoms with van der Waals surface area (Å²) >= 11 is 5.42. The zero-order valence-corrected chi connectivity index (χ0v) is 19.2. The van der Waals surface area contributed by atoms with Crippen molar-refractivity contribution in [3.63, 3.8) is 0 Å². The van der Waals surface area contributed by atoms with E-state index in [1.165, 1.54) is 6.07 Å². The van der Waals surface area contributed by atoms with Crippen molar-refractivity contribution < 1.29 is 31.5 Å². The number of halogens is 6. The lowest BCUT2D eigenvalue weighted by molar-refractivity contribution is -0.141. The van der Waals surface area contributed by atoms with Crippen LogP contribution >= 0.6 is 67.8 Å². The number of nitrogens with one attached hydrogen (secondary N) is 1. The standard InChI is InChI=1S/C12H11F3I3NO4S/c1-2-5(11(20)21)3-6-7(16)4-8(17)10(9(6)18)19-24(22,23)12(13,14)15/h4-5,19H,2-3H2,1H3,(H,20,21). The molecule has 12 heteroatoms. The predicted molar refractivity (Wildman–Crippen MR) is 108 cm³/mol. The monoisotopic (exact) mass is 703 g/mol. The lowest BCUT2D eigenvalue weighted by Gasteiger charge is -2.19. The molecule has 5 nitrogen and oxygen atoms in total. The third-order valence-corrected chi connectivity index (χ3v) is 7.18. The molecule has 0 bridgehead atoms. The van der Waals surface area contributed by atoms with Crippen LogP contribution in [0.2, 0.25) is 0 Å². The van der Waals surface area contributed by atoms with Crippen molar-refractivity contribution >= 4 is 89.5 Å². The Bertz CT molecular complexity index is 753. The van der Waals surface area contributed by atoms with E-state index in [0.717, 1.165) is 0 Å². The number of aliphatic carboxylic acids is 1. The highest BCUT2D eigenvalue weighted by Crippen LogP contribution is 2.36. The molecule has 0 aliphatic carbocycles. The van der Waals surface area contributed by atoms with Crippen LogP contribution in [0.15, 0.2) is 6.07 Å². The largest absolute Gasteiger partial charge is 0.516 e. The summed E-state index contributed by atoms with van der Waals surface area (Å²) in [5, 5.41) is 9.17. The molecule has 1 atom stereocenters. The van der Waals surface area contributed by atoms with Crippen molar-refractivity contribution in [3.05, 3.63) is 22.3 Å². The summed E-state index contributed by atoms with van der Waals surface area (Å²) in [5.74, 6) is -1.72. The first-order valence-electron chi connectivity index (χ1n) is 6.30. The number of hydrogen-bond donors (Lipinski definition) is 2. The second-order valence-electron chi connectivity index (χ2n) is 4.71. The van der Waals surface area contributed by atoms with Crippen LogP contribution in [0.5, 0.6) is 0 Å². The second-order valence-corrected chi connectivity index (χ2v) is 9.78. The summed E-state index contributed by atoms with van der Waals surface area (Å²) in [5.41, 5.74) is -5.12. The number of alkyl halides is 3. The number of sulfonamides is 1. The normalized spacial score (nSPS) is 13.6.